The summed E-state index contributed by atoms with van der Waals surface area (Å²) < 4.78 is 44.7. The molecule has 0 spiro atoms. The van der Waals surface area contributed by atoms with Crippen molar-refractivity contribution in [3.63, 3.8) is 0 Å². The third-order valence-electron chi connectivity index (χ3n) is 21.4. The predicted octanol–water partition coefficient (Wildman–Crippen LogP) is 24.4. The summed E-state index contributed by atoms with van der Waals surface area (Å²) in [7, 11) is 0. The van der Waals surface area contributed by atoms with E-state index < -0.39 is 12.1 Å². The van der Waals surface area contributed by atoms with Gasteiger partial charge >= 0.3 is 0 Å². The molecule has 0 saturated carbocycles. The van der Waals surface area contributed by atoms with Crippen LogP contribution in [0.3, 0.4) is 0 Å². The Morgan fingerprint density at radius 2 is 0.818 bits per heavy atom. The van der Waals surface area contributed by atoms with Crippen molar-refractivity contribution in [3.05, 3.63) is 289 Å². The van der Waals surface area contributed by atoms with Gasteiger partial charge in [0.1, 0.15) is 5.58 Å². The lowest BCUT2D eigenvalue weighted by Crippen LogP contribution is -2.61. The zero-order valence-corrected chi connectivity index (χ0v) is 58.5. The van der Waals surface area contributed by atoms with Gasteiger partial charge in [-0.1, -0.05) is 277 Å². The summed E-state index contributed by atoms with van der Waals surface area (Å²) in [6.45, 7) is 26.7. The largest absolute Gasteiger partial charge is 0.468 e. The fourth-order valence-corrected chi connectivity index (χ4v) is 16.2. The molecule has 14 aromatic carbocycles. The van der Waals surface area contributed by atoms with Crippen molar-refractivity contribution in [1.29, 1.82) is 0 Å². The molecule has 2 aliphatic rings. The maximum absolute atomic E-state index is 11.9. The highest BCUT2D eigenvalue weighted by Gasteiger charge is 2.49. The first-order chi connectivity index (χ1) is 48.9. The van der Waals surface area contributed by atoms with Gasteiger partial charge in [0.2, 0.25) is 0 Å². The molecule has 4 heterocycles. The number of anilines is 6. The Kier molecular flexibility index (Phi) is 12.6. The first-order valence-electron chi connectivity index (χ1n) is 36.6. The van der Waals surface area contributed by atoms with Crippen LogP contribution >= 0.6 is 0 Å². The van der Waals surface area contributed by atoms with E-state index in [4.69, 9.17) is 4.42 Å². The van der Waals surface area contributed by atoms with Crippen molar-refractivity contribution in [3.8, 4) is 50.2 Å². The minimum Gasteiger partial charge on any atom is -0.468 e. The fraction of sp³-hybridized carbons (Fsp3) is 0.170. The standard InChI is InChI=1S/C94H80BN3O/c1-91(2,3)64-43-46-70-82(55-64)99-90-89(70)98(88-74(59-32-21-15-22-33-59)51-66(93(7,8)9)52-75(88)60-34-23-16-24-35-60)81-54-67(94(10,11)12)53-80-85(81)95(90)77-47-44-68(96-78-39-26-25-38-69(78)76-48-63-41-40-61-36-27-37-62-42-45-71(86(76)96)84(63)83(61)62)56-79(77)97(80)87-72(57-28-17-13-18-29-57)49-65(92(4,5)6)50-73(87)58-30-19-14-20-31-58/h13-56H,1-12H3/i44D,47D,56D. The summed E-state index contributed by atoms with van der Waals surface area (Å²) in [6, 6.07) is 90.9. The molecule has 0 aliphatic carbocycles. The highest BCUT2D eigenvalue weighted by Crippen LogP contribution is 2.57. The Hall–Kier alpha value is -10.9. The predicted molar refractivity (Wildman–Crippen MR) is 425 cm³/mol. The topological polar surface area (TPSA) is 24.6 Å². The Bertz CT molecular complexity index is 6010. The van der Waals surface area contributed by atoms with E-state index >= 15 is 0 Å². The first kappa shape index (κ1) is 57.2. The van der Waals surface area contributed by atoms with Crippen molar-refractivity contribution in [2.24, 2.45) is 0 Å². The number of hydrogen-bond donors (Lipinski definition) is 0. The minimum absolute atomic E-state index is 0.0275. The van der Waals surface area contributed by atoms with Gasteiger partial charge in [-0.25, -0.2) is 0 Å². The molecule has 16 aromatic rings. The van der Waals surface area contributed by atoms with Gasteiger partial charge in [-0.15, -0.1) is 0 Å². The van der Waals surface area contributed by atoms with Gasteiger partial charge in [-0.05, 0) is 177 Å². The minimum atomic E-state index is -0.805. The maximum atomic E-state index is 11.9. The molecule has 0 N–H and O–H groups in total. The molecule has 480 valence electrons. The monoisotopic (exact) mass is 1280 g/mol. The number of aromatic nitrogens is 1. The molecule has 0 atom stereocenters. The van der Waals surface area contributed by atoms with E-state index in [0.29, 0.717) is 22.5 Å². The molecule has 0 radical (unpaired) electrons. The van der Waals surface area contributed by atoms with Gasteiger partial charge in [0.15, 0.2) is 0 Å². The van der Waals surface area contributed by atoms with Gasteiger partial charge in [0.05, 0.1) is 37.9 Å². The smallest absolute Gasteiger partial charge is 0.297 e. The van der Waals surface area contributed by atoms with E-state index in [1.165, 1.54) is 10.9 Å². The summed E-state index contributed by atoms with van der Waals surface area (Å²) in [5.74, 6) is 0. The lowest BCUT2D eigenvalue weighted by molar-refractivity contribution is 0.587. The number of para-hydroxylation sites is 1. The number of benzene rings is 14. The Morgan fingerprint density at radius 3 is 1.35 bits per heavy atom. The van der Waals surface area contributed by atoms with Crippen LogP contribution in [0.25, 0.3) is 115 Å². The third kappa shape index (κ3) is 9.48. The summed E-state index contributed by atoms with van der Waals surface area (Å²) in [5, 5.41) is 9.74. The van der Waals surface area contributed by atoms with Crippen LogP contribution in [0.15, 0.2) is 271 Å². The van der Waals surface area contributed by atoms with Crippen LogP contribution in [0.2, 0.25) is 0 Å². The van der Waals surface area contributed by atoms with Crippen molar-refractivity contribution >= 4 is 123 Å². The van der Waals surface area contributed by atoms with Crippen molar-refractivity contribution in [2.45, 2.75) is 105 Å². The van der Waals surface area contributed by atoms with E-state index in [2.05, 4.69) is 346 Å². The molecule has 2 aliphatic heterocycles. The summed E-state index contributed by atoms with van der Waals surface area (Å²) in [5.41, 5.74) is 21.6. The number of hydrogen-bond acceptors (Lipinski definition) is 3. The Balaban J connectivity index is 1.07. The molecule has 99 heavy (non-hydrogen) atoms. The molecule has 2 aromatic heterocycles. The maximum Gasteiger partial charge on any atom is 0.297 e. The lowest BCUT2D eigenvalue weighted by atomic mass is 9.35. The second-order valence-electron chi connectivity index (χ2n) is 31.8. The van der Waals surface area contributed by atoms with Crippen molar-refractivity contribution in [2.75, 3.05) is 9.80 Å². The number of fused-ring (bicyclic) bond motifs is 10. The Labute approximate surface area is 586 Å². The summed E-state index contributed by atoms with van der Waals surface area (Å²) in [6.07, 6.45) is 0. The average Bonchev–Trinajstić information content (AvgIpc) is 1.21. The van der Waals surface area contributed by atoms with Crippen LogP contribution in [-0.2, 0) is 21.7 Å². The van der Waals surface area contributed by atoms with Crippen LogP contribution in [0.5, 0.6) is 0 Å². The molecule has 0 fully saturated rings. The van der Waals surface area contributed by atoms with E-state index in [9.17, 15) is 4.11 Å². The van der Waals surface area contributed by atoms with Crippen molar-refractivity contribution in [1.82, 2.24) is 4.57 Å². The molecule has 4 nitrogen and oxygen atoms in total. The van der Waals surface area contributed by atoms with Gasteiger partial charge in [-0.3, -0.25) is 0 Å². The molecular weight excluding hydrogens is 1200 g/mol. The van der Waals surface area contributed by atoms with E-state index in [1.807, 2.05) is 0 Å². The fourth-order valence-electron chi connectivity index (χ4n) is 16.2. The van der Waals surface area contributed by atoms with Crippen LogP contribution in [0.4, 0.5) is 34.1 Å². The van der Waals surface area contributed by atoms with Crippen LogP contribution in [0.1, 0.15) is 109 Å². The second-order valence-corrected chi connectivity index (χ2v) is 31.8. The number of rotatable bonds is 7. The van der Waals surface area contributed by atoms with Gasteiger partial charge in [0.25, 0.3) is 6.71 Å². The quantitative estimate of drug-likeness (QED) is 0.117. The van der Waals surface area contributed by atoms with Gasteiger partial charge in [-0.2, -0.15) is 0 Å². The molecule has 0 bridgehead atoms. The van der Waals surface area contributed by atoms with Gasteiger partial charge < -0.3 is 18.8 Å². The average molecular weight is 1280 g/mol. The highest BCUT2D eigenvalue weighted by atomic mass is 16.3. The second kappa shape index (κ2) is 21.8. The number of furan rings is 1. The SMILES string of the molecule is [2H]c1c([2H])c(-n2c3ccccc3c3cc4ccc5cccc6ccc(c4c56)c32)c([2H])c2c1B1c3oc4cc(C(C)(C)C)ccc4c3N(c3c(-c4ccccc4)cc(C(C)(C)C)cc3-c3ccccc3)c3cc(C(C)(C)C)cc(c31)N2c1c(-c2ccccc2)cc(C(C)(C)C)cc1-c1ccccc1. The zero-order valence-electron chi connectivity index (χ0n) is 61.5. The van der Waals surface area contributed by atoms with Crippen LogP contribution in [0, 0.1) is 0 Å². The van der Waals surface area contributed by atoms with Gasteiger partial charge in [0, 0.05) is 66.5 Å². The van der Waals surface area contributed by atoms with Crippen LogP contribution in [-0.4, -0.2) is 11.3 Å². The summed E-state index contributed by atoms with van der Waals surface area (Å²) in [4.78, 5) is 4.94. The van der Waals surface area contributed by atoms with E-state index in [-0.39, 0.29) is 34.4 Å². The lowest BCUT2D eigenvalue weighted by Gasteiger charge is -2.45. The third-order valence-corrected chi connectivity index (χ3v) is 21.4. The molecule has 0 amide bonds. The molecule has 0 unspecified atom stereocenters. The zero-order chi connectivity index (χ0) is 70.4. The highest BCUT2D eigenvalue weighted by molar-refractivity contribution is 7.00. The molecule has 5 heteroatoms. The molecule has 0 saturated heterocycles. The first-order valence-corrected chi connectivity index (χ1v) is 35.1. The summed E-state index contributed by atoms with van der Waals surface area (Å²) >= 11 is 0. The van der Waals surface area contributed by atoms with Crippen LogP contribution < -0.4 is 26.4 Å². The molecule has 18 rings (SSSR count). The molecular formula is C94H80BN3O. The normalized spacial score (nSPS) is 13.8. The van der Waals surface area contributed by atoms with E-state index in [0.717, 1.165) is 155 Å². The Morgan fingerprint density at radius 1 is 0.354 bits per heavy atom. The number of nitrogens with zero attached hydrogens (tertiary/aromatic N) is 3. The van der Waals surface area contributed by atoms with Crippen molar-refractivity contribution < 1.29 is 8.53 Å². The van der Waals surface area contributed by atoms with E-state index in [1.54, 1.807) is 0 Å².